The molecule has 0 saturated carbocycles. The molecule has 1 N–H and O–H groups in total. The molecule has 1 aliphatic rings. The van der Waals surface area contributed by atoms with Gasteiger partial charge in [0.1, 0.15) is 10.3 Å². The number of aromatic amines is 1. The second-order valence-electron chi connectivity index (χ2n) is 6.48. The van der Waals surface area contributed by atoms with E-state index in [-0.39, 0.29) is 11.7 Å². The van der Waals surface area contributed by atoms with Crippen LogP contribution in [0.4, 0.5) is 10.7 Å². The molecule has 1 fully saturated rings. The van der Waals surface area contributed by atoms with E-state index in [4.69, 9.17) is 4.74 Å². The SMILES string of the molecule is CC(C)(C)OC(=O)N1CCN(c2nc3ccsc3c(=O)[nH]2)CC1. The number of hydrogen-bond acceptors (Lipinski definition) is 6. The van der Waals surface area contributed by atoms with Gasteiger partial charge in [0.25, 0.3) is 5.56 Å². The quantitative estimate of drug-likeness (QED) is 0.862. The third-order valence-corrected chi connectivity index (χ3v) is 4.44. The average molecular weight is 336 g/mol. The molecule has 0 aliphatic carbocycles. The lowest BCUT2D eigenvalue weighted by Crippen LogP contribution is -2.50. The number of amides is 1. The van der Waals surface area contributed by atoms with Gasteiger partial charge in [-0.2, -0.15) is 0 Å². The molecule has 124 valence electrons. The Morgan fingerprint density at radius 1 is 1.30 bits per heavy atom. The van der Waals surface area contributed by atoms with E-state index >= 15 is 0 Å². The van der Waals surface area contributed by atoms with E-state index in [1.807, 2.05) is 37.1 Å². The third-order valence-electron chi connectivity index (χ3n) is 3.53. The molecular formula is C15H20N4O3S. The maximum absolute atomic E-state index is 12.1. The molecule has 8 heteroatoms. The van der Waals surface area contributed by atoms with Gasteiger partial charge in [0.05, 0.1) is 5.52 Å². The molecule has 1 aliphatic heterocycles. The van der Waals surface area contributed by atoms with Crippen molar-refractivity contribution in [1.29, 1.82) is 0 Å². The molecule has 2 aromatic rings. The molecule has 1 saturated heterocycles. The molecule has 7 nitrogen and oxygen atoms in total. The van der Waals surface area contributed by atoms with Crippen LogP contribution in [0.5, 0.6) is 0 Å². The lowest BCUT2D eigenvalue weighted by Gasteiger charge is -2.35. The number of nitrogens with one attached hydrogen (secondary N) is 1. The first-order chi connectivity index (χ1) is 10.8. The van der Waals surface area contributed by atoms with Crippen molar-refractivity contribution in [2.75, 3.05) is 31.1 Å². The Morgan fingerprint density at radius 2 is 2.00 bits per heavy atom. The first-order valence-electron chi connectivity index (χ1n) is 7.54. The summed E-state index contributed by atoms with van der Waals surface area (Å²) < 4.78 is 6.02. The summed E-state index contributed by atoms with van der Waals surface area (Å²) in [6.45, 7) is 7.86. The van der Waals surface area contributed by atoms with Crippen LogP contribution < -0.4 is 10.5 Å². The van der Waals surface area contributed by atoms with Crippen LogP contribution in [-0.4, -0.2) is 52.7 Å². The minimum Gasteiger partial charge on any atom is -0.444 e. The summed E-state index contributed by atoms with van der Waals surface area (Å²) in [5.74, 6) is 0.560. The molecular weight excluding hydrogens is 316 g/mol. The number of aromatic nitrogens is 2. The largest absolute Gasteiger partial charge is 0.444 e. The van der Waals surface area contributed by atoms with Crippen molar-refractivity contribution >= 4 is 33.6 Å². The van der Waals surface area contributed by atoms with Crippen LogP contribution in [0.25, 0.3) is 10.2 Å². The molecule has 23 heavy (non-hydrogen) atoms. The predicted molar refractivity (Wildman–Crippen MR) is 90.3 cm³/mol. The monoisotopic (exact) mass is 336 g/mol. The summed E-state index contributed by atoms with van der Waals surface area (Å²) in [4.78, 5) is 35.1. The zero-order chi connectivity index (χ0) is 16.6. The number of piperazine rings is 1. The predicted octanol–water partition coefficient (Wildman–Crippen LogP) is 2.04. The summed E-state index contributed by atoms with van der Waals surface area (Å²) in [6, 6.07) is 1.84. The van der Waals surface area contributed by atoms with Gasteiger partial charge in [0.15, 0.2) is 0 Å². The highest BCUT2D eigenvalue weighted by Gasteiger charge is 2.26. The molecule has 0 radical (unpaired) electrons. The number of H-pyrrole nitrogens is 1. The second kappa shape index (κ2) is 5.84. The van der Waals surface area contributed by atoms with Crippen molar-refractivity contribution in [3.8, 4) is 0 Å². The summed E-state index contributed by atoms with van der Waals surface area (Å²) in [7, 11) is 0. The average Bonchev–Trinajstić information content (AvgIpc) is 2.94. The Kier molecular flexibility index (Phi) is 4.01. The van der Waals surface area contributed by atoms with E-state index < -0.39 is 5.60 Å². The number of hydrogen-bond donors (Lipinski definition) is 1. The maximum Gasteiger partial charge on any atom is 0.410 e. The van der Waals surface area contributed by atoms with Crippen molar-refractivity contribution in [2.45, 2.75) is 26.4 Å². The van der Waals surface area contributed by atoms with E-state index in [0.29, 0.717) is 42.3 Å². The molecule has 1 amide bonds. The van der Waals surface area contributed by atoms with Crippen LogP contribution in [0.3, 0.4) is 0 Å². The first-order valence-corrected chi connectivity index (χ1v) is 8.42. The highest BCUT2D eigenvalue weighted by atomic mass is 32.1. The number of thiophene rings is 1. The molecule has 0 spiro atoms. The fraction of sp³-hybridized carbons (Fsp3) is 0.533. The highest BCUT2D eigenvalue weighted by molar-refractivity contribution is 7.17. The van der Waals surface area contributed by atoms with Gasteiger partial charge in [0.2, 0.25) is 5.95 Å². The zero-order valence-electron chi connectivity index (χ0n) is 13.5. The molecule has 0 bridgehead atoms. The Balaban J connectivity index is 1.68. The number of nitrogens with zero attached hydrogens (tertiary/aromatic N) is 3. The van der Waals surface area contributed by atoms with Crippen molar-refractivity contribution in [3.05, 3.63) is 21.8 Å². The molecule has 0 unspecified atom stereocenters. The summed E-state index contributed by atoms with van der Waals surface area (Å²) >= 11 is 1.38. The number of ether oxygens (including phenoxy) is 1. The number of rotatable bonds is 1. The van der Waals surface area contributed by atoms with Crippen molar-refractivity contribution in [1.82, 2.24) is 14.9 Å². The fourth-order valence-corrected chi connectivity index (χ4v) is 3.16. The van der Waals surface area contributed by atoms with E-state index in [2.05, 4.69) is 9.97 Å². The van der Waals surface area contributed by atoms with E-state index in [1.165, 1.54) is 11.3 Å². The smallest absolute Gasteiger partial charge is 0.410 e. The van der Waals surface area contributed by atoms with Gasteiger partial charge in [-0.1, -0.05) is 0 Å². The second-order valence-corrected chi connectivity index (χ2v) is 7.40. The molecule has 0 aromatic carbocycles. The van der Waals surface area contributed by atoms with Crippen molar-refractivity contribution in [2.24, 2.45) is 0 Å². The van der Waals surface area contributed by atoms with Crippen molar-refractivity contribution in [3.63, 3.8) is 0 Å². The zero-order valence-corrected chi connectivity index (χ0v) is 14.3. The van der Waals surface area contributed by atoms with Crippen LogP contribution in [0.1, 0.15) is 20.8 Å². The lowest BCUT2D eigenvalue weighted by atomic mass is 10.2. The molecule has 3 heterocycles. The highest BCUT2D eigenvalue weighted by Crippen LogP contribution is 2.18. The van der Waals surface area contributed by atoms with Gasteiger partial charge < -0.3 is 14.5 Å². The Hall–Kier alpha value is -2.09. The van der Waals surface area contributed by atoms with Gasteiger partial charge in [-0.15, -0.1) is 11.3 Å². The van der Waals surface area contributed by atoms with Gasteiger partial charge >= 0.3 is 6.09 Å². The summed E-state index contributed by atoms with van der Waals surface area (Å²) in [5, 5.41) is 1.86. The summed E-state index contributed by atoms with van der Waals surface area (Å²) in [6.07, 6.45) is -0.299. The Labute approximate surface area is 137 Å². The number of fused-ring (bicyclic) bond motifs is 1. The number of anilines is 1. The van der Waals surface area contributed by atoms with E-state index in [0.717, 1.165) is 0 Å². The topological polar surface area (TPSA) is 78.5 Å². The van der Waals surface area contributed by atoms with Gasteiger partial charge in [-0.25, -0.2) is 9.78 Å². The number of carbonyl (C=O) groups is 1. The van der Waals surface area contributed by atoms with Crippen LogP contribution in [0.15, 0.2) is 16.2 Å². The van der Waals surface area contributed by atoms with Crippen LogP contribution in [-0.2, 0) is 4.74 Å². The van der Waals surface area contributed by atoms with Crippen LogP contribution in [0, 0.1) is 0 Å². The fourth-order valence-electron chi connectivity index (χ4n) is 2.44. The van der Waals surface area contributed by atoms with Gasteiger partial charge in [0, 0.05) is 26.2 Å². The molecule has 2 aromatic heterocycles. The van der Waals surface area contributed by atoms with Crippen LogP contribution in [0.2, 0.25) is 0 Å². The normalized spacial score (nSPS) is 16.0. The van der Waals surface area contributed by atoms with E-state index in [9.17, 15) is 9.59 Å². The van der Waals surface area contributed by atoms with Gasteiger partial charge in [-0.3, -0.25) is 9.78 Å². The molecule has 3 rings (SSSR count). The Morgan fingerprint density at radius 3 is 2.65 bits per heavy atom. The lowest BCUT2D eigenvalue weighted by molar-refractivity contribution is 0.0240. The first kappa shape index (κ1) is 15.8. The Bertz CT molecular complexity index is 769. The summed E-state index contributed by atoms with van der Waals surface area (Å²) in [5.41, 5.74) is 0.100. The standard InChI is InChI=1S/C15H20N4O3S/c1-15(2,3)22-14(21)19-7-5-18(6-8-19)13-16-10-4-9-23-11(10)12(20)17-13/h4,9H,5-8H2,1-3H3,(H,16,17,20). The number of carbonyl (C=O) groups excluding carboxylic acids is 1. The van der Waals surface area contributed by atoms with Gasteiger partial charge in [-0.05, 0) is 32.2 Å². The minimum atomic E-state index is -0.495. The van der Waals surface area contributed by atoms with Crippen LogP contribution >= 0.6 is 11.3 Å². The third kappa shape index (κ3) is 3.47. The maximum atomic E-state index is 12.1. The minimum absolute atomic E-state index is 0.116. The van der Waals surface area contributed by atoms with Crippen molar-refractivity contribution < 1.29 is 9.53 Å². The molecule has 0 atom stereocenters. The van der Waals surface area contributed by atoms with E-state index in [1.54, 1.807) is 4.90 Å².